The van der Waals surface area contributed by atoms with Crippen molar-refractivity contribution in [1.29, 1.82) is 0 Å². The van der Waals surface area contributed by atoms with Gasteiger partial charge in [-0.3, -0.25) is 14.4 Å². The number of hydrogen-bond acceptors (Lipinski definition) is 6. The van der Waals surface area contributed by atoms with Crippen LogP contribution in [0.5, 0.6) is 0 Å². The van der Waals surface area contributed by atoms with Crippen molar-refractivity contribution in [1.82, 2.24) is 5.32 Å². The van der Waals surface area contributed by atoms with Gasteiger partial charge in [-0.05, 0) is 93.4 Å². The van der Waals surface area contributed by atoms with E-state index in [1.165, 1.54) is 24.5 Å². The smallest absolute Gasteiger partial charge is 0.433 e. The minimum absolute atomic E-state index is 0.0412. The predicted octanol–water partition coefficient (Wildman–Crippen LogP) is 14.7. The Kier molecular flexibility index (Phi) is 26.1. The molecular formula is C52H67F5N2O5. The topological polar surface area (TPSA) is 94.1 Å². The summed E-state index contributed by atoms with van der Waals surface area (Å²) in [5.41, 5.74) is 4.06. The van der Waals surface area contributed by atoms with Crippen LogP contribution in [0.4, 0.5) is 26.7 Å². The molecule has 0 bridgehead atoms. The van der Waals surface area contributed by atoms with E-state index in [1.54, 1.807) is 19.9 Å². The number of halogens is 5. The van der Waals surface area contributed by atoms with Crippen LogP contribution in [0.2, 0.25) is 0 Å². The number of ketones is 1. The largest absolute Gasteiger partial charge is 0.463 e. The van der Waals surface area contributed by atoms with Crippen molar-refractivity contribution in [2.75, 3.05) is 13.2 Å². The molecule has 0 fully saturated rings. The maximum atomic E-state index is 13.1. The second kappa shape index (κ2) is 29.7. The maximum Gasteiger partial charge on any atom is 0.433 e. The van der Waals surface area contributed by atoms with Gasteiger partial charge in [0.2, 0.25) is 5.82 Å². The molecule has 0 heterocycles. The standard InChI is InChI=1S/C19H20O.C13H24N2O4.C10H9F5.C10H14/c1-3-15(2)18-11-7-8-16(14-18)12-13-19(20)17-9-5-4-6-10-17;1-6-10(3)15-19-12(17)14-8-9-18-11(16)13(4,5)7-2;1-3-4(2)5-6(11)8(13)10(15)9(14)7(5)12;1-3-9(2)10-7-5-4-6-8-10/h4-15H,3H2,1-2H3;6-9H2,1-5H3,(H,14,17);4H,3H2,1-2H3;4-9H,3H2,1-2H3/b13-12-;;;. The van der Waals surface area contributed by atoms with Crippen molar-refractivity contribution >= 4 is 29.6 Å². The number of nitrogens with zero attached hydrogens (tertiary/aromatic N) is 1. The molecule has 0 aliphatic rings. The first-order chi connectivity index (χ1) is 30.3. The van der Waals surface area contributed by atoms with Crippen LogP contribution in [0.15, 0.2) is 96.2 Å². The van der Waals surface area contributed by atoms with Crippen LogP contribution >= 0.6 is 0 Å². The van der Waals surface area contributed by atoms with Crippen molar-refractivity contribution in [2.24, 2.45) is 10.6 Å². The first-order valence-corrected chi connectivity index (χ1v) is 21.9. The van der Waals surface area contributed by atoms with Gasteiger partial charge in [0.25, 0.3) is 0 Å². The molecule has 350 valence electrons. The molecule has 0 saturated carbocycles. The fraction of sp³-hybridized carbons (Fsp3) is 0.423. The van der Waals surface area contributed by atoms with Gasteiger partial charge in [-0.2, -0.15) is 0 Å². The molecule has 7 nitrogen and oxygen atoms in total. The molecule has 64 heavy (non-hydrogen) atoms. The van der Waals surface area contributed by atoms with E-state index in [2.05, 4.69) is 85.5 Å². The van der Waals surface area contributed by atoms with Crippen LogP contribution in [-0.4, -0.2) is 36.7 Å². The number of amides is 1. The van der Waals surface area contributed by atoms with Gasteiger partial charge >= 0.3 is 12.1 Å². The van der Waals surface area contributed by atoms with Crippen LogP contribution in [0.3, 0.4) is 0 Å². The number of hydrogen-bond donors (Lipinski definition) is 1. The third-order valence-electron chi connectivity index (χ3n) is 10.7. The second-order valence-electron chi connectivity index (χ2n) is 15.9. The molecule has 1 amide bonds. The highest BCUT2D eigenvalue weighted by molar-refractivity contribution is 6.06. The van der Waals surface area contributed by atoms with Crippen LogP contribution in [-0.2, 0) is 14.4 Å². The number of allylic oxidation sites excluding steroid dienone is 1. The molecule has 0 spiro atoms. The zero-order valence-electron chi connectivity index (χ0n) is 39.3. The number of carbonyl (C=O) groups excluding carboxylic acids is 3. The minimum atomic E-state index is -2.11. The lowest BCUT2D eigenvalue weighted by molar-refractivity contribution is -0.153. The number of carbonyl (C=O) groups is 3. The molecule has 0 radical (unpaired) electrons. The normalized spacial score (nSPS) is 12.5. The molecule has 4 aromatic carbocycles. The number of benzene rings is 4. The molecule has 0 aliphatic heterocycles. The fourth-order valence-corrected chi connectivity index (χ4v) is 5.20. The zero-order valence-corrected chi connectivity index (χ0v) is 39.3. The first kappa shape index (κ1) is 56.4. The van der Waals surface area contributed by atoms with Crippen molar-refractivity contribution < 1.29 is 45.9 Å². The summed E-state index contributed by atoms with van der Waals surface area (Å²) >= 11 is 0. The zero-order chi connectivity index (χ0) is 48.4. The Balaban J connectivity index is 0.000000438. The third kappa shape index (κ3) is 19.4. The van der Waals surface area contributed by atoms with E-state index in [-0.39, 0.29) is 24.9 Å². The molecule has 3 unspecified atom stereocenters. The first-order valence-electron chi connectivity index (χ1n) is 21.9. The van der Waals surface area contributed by atoms with Gasteiger partial charge in [-0.15, -0.1) is 0 Å². The number of oxime groups is 1. The Morgan fingerprint density at radius 2 is 1.19 bits per heavy atom. The lowest BCUT2D eigenvalue weighted by Gasteiger charge is -2.20. The summed E-state index contributed by atoms with van der Waals surface area (Å²) in [4.78, 5) is 39.4. The summed E-state index contributed by atoms with van der Waals surface area (Å²) in [6.45, 7) is 21.4. The Bertz CT molecular complexity index is 2060. The van der Waals surface area contributed by atoms with Crippen molar-refractivity contribution in [3.8, 4) is 0 Å². The highest BCUT2D eigenvalue weighted by atomic mass is 19.2. The van der Waals surface area contributed by atoms with Gasteiger partial charge in [-0.25, -0.2) is 26.7 Å². The summed E-state index contributed by atoms with van der Waals surface area (Å²) in [5, 5.41) is 6.05. The third-order valence-corrected chi connectivity index (χ3v) is 10.7. The predicted molar refractivity (Wildman–Crippen MR) is 248 cm³/mol. The van der Waals surface area contributed by atoms with E-state index >= 15 is 0 Å². The van der Waals surface area contributed by atoms with Gasteiger partial charge in [0.1, 0.15) is 6.61 Å². The number of ether oxygens (including phenoxy) is 1. The summed E-state index contributed by atoms with van der Waals surface area (Å²) in [7, 11) is 0. The molecule has 0 aromatic heterocycles. The highest BCUT2D eigenvalue weighted by Crippen LogP contribution is 2.30. The van der Waals surface area contributed by atoms with E-state index < -0.39 is 52.1 Å². The van der Waals surface area contributed by atoms with Gasteiger partial charge < -0.3 is 10.1 Å². The van der Waals surface area contributed by atoms with Gasteiger partial charge in [0.05, 0.1) is 17.7 Å². The van der Waals surface area contributed by atoms with Crippen molar-refractivity contribution in [2.45, 2.75) is 126 Å². The van der Waals surface area contributed by atoms with E-state index in [0.717, 1.165) is 29.7 Å². The second-order valence-corrected chi connectivity index (χ2v) is 15.9. The minimum Gasteiger partial charge on any atom is -0.463 e. The lowest BCUT2D eigenvalue weighted by atomic mass is 9.91. The quantitative estimate of drug-likeness (QED) is 0.0116. The fourth-order valence-electron chi connectivity index (χ4n) is 5.20. The lowest BCUT2D eigenvalue weighted by Crippen LogP contribution is -2.31. The summed E-state index contributed by atoms with van der Waals surface area (Å²) in [5.74, 6) is -9.04. The molecule has 0 aliphatic carbocycles. The number of nitrogens with one attached hydrogen (secondary N) is 1. The van der Waals surface area contributed by atoms with Crippen LogP contribution in [0.25, 0.3) is 6.08 Å². The van der Waals surface area contributed by atoms with Crippen LogP contribution in [0, 0.1) is 34.5 Å². The average Bonchev–Trinajstić information content (AvgIpc) is 3.32. The van der Waals surface area contributed by atoms with Crippen LogP contribution < -0.4 is 5.32 Å². The number of rotatable bonds is 16. The van der Waals surface area contributed by atoms with E-state index in [4.69, 9.17) is 4.74 Å². The van der Waals surface area contributed by atoms with Gasteiger partial charge in [0, 0.05) is 11.1 Å². The van der Waals surface area contributed by atoms with Gasteiger partial charge in [0.15, 0.2) is 29.1 Å². The summed E-state index contributed by atoms with van der Waals surface area (Å²) in [6.07, 6.45) is 6.94. The Hall–Kier alpha value is -5.65. The van der Waals surface area contributed by atoms with E-state index in [0.29, 0.717) is 24.7 Å². The van der Waals surface area contributed by atoms with Crippen molar-refractivity contribution in [3.63, 3.8) is 0 Å². The van der Waals surface area contributed by atoms with Crippen molar-refractivity contribution in [3.05, 3.63) is 148 Å². The Morgan fingerprint density at radius 1 is 0.688 bits per heavy atom. The average molecular weight is 895 g/mol. The highest BCUT2D eigenvalue weighted by Gasteiger charge is 2.28. The Labute approximate surface area is 377 Å². The molecule has 1 N–H and O–H groups in total. The van der Waals surface area contributed by atoms with E-state index in [9.17, 15) is 36.3 Å². The molecule has 0 saturated heterocycles. The summed E-state index contributed by atoms with van der Waals surface area (Å²) in [6, 6.07) is 28.4. The molecule has 12 heteroatoms. The van der Waals surface area contributed by atoms with Gasteiger partial charge in [-0.1, -0.05) is 152 Å². The molecule has 4 aromatic rings. The Morgan fingerprint density at radius 3 is 1.70 bits per heavy atom. The van der Waals surface area contributed by atoms with E-state index in [1.807, 2.05) is 76.2 Å². The SMILES string of the molecule is CCC(C)=NOC(=O)NCCOC(=O)C(C)(C)CC.CCC(C)c1c(F)c(F)c(F)c(F)c1F.CCC(C)c1cccc(/C=C\C(=O)c2ccccc2)c1.CCC(C)c1ccccc1. The maximum absolute atomic E-state index is 13.1. The molecule has 4 rings (SSSR count). The molecular weight excluding hydrogens is 828 g/mol. The van der Waals surface area contributed by atoms with Crippen LogP contribution in [0.1, 0.15) is 159 Å². The summed E-state index contributed by atoms with van der Waals surface area (Å²) < 4.78 is 69.4. The number of esters is 1. The molecule has 3 atom stereocenters. The monoisotopic (exact) mass is 894 g/mol.